The molecule has 0 radical (unpaired) electrons. The maximum absolute atomic E-state index is 13.2. The summed E-state index contributed by atoms with van der Waals surface area (Å²) in [4.78, 5) is 2.10. The van der Waals surface area contributed by atoms with Crippen LogP contribution in [0, 0.1) is 5.82 Å². The van der Waals surface area contributed by atoms with E-state index in [4.69, 9.17) is 5.73 Å². The average molecular weight is 266 g/mol. The number of nitrogens with zero attached hydrogens (tertiary/aromatic N) is 1. The van der Waals surface area contributed by atoms with Gasteiger partial charge in [-0.3, -0.25) is 0 Å². The zero-order valence-electron chi connectivity index (χ0n) is 12.2. The summed E-state index contributed by atoms with van der Waals surface area (Å²) in [6, 6.07) is 7.02. The third-order valence-electron chi connectivity index (χ3n) is 3.68. The van der Waals surface area contributed by atoms with Crippen molar-refractivity contribution < 1.29 is 4.39 Å². The standard InChI is InChI=1S/C16H27FN2/c1-3-4-5-6-7-10-16(13-18)19(2)15-11-8-9-14(17)12-15/h8-9,11-12,16H,3-7,10,13,18H2,1-2H3. The minimum Gasteiger partial charge on any atom is -0.370 e. The smallest absolute Gasteiger partial charge is 0.125 e. The first kappa shape index (κ1) is 16.0. The molecule has 1 aromatic rings. The van der Waals surface area contributed by atoms with Gasteiger partial charge in [0, 0.05) is 25.3 Å². The highest BCUT2D eigenvalue weighted by molar-refractivity contribution is 5.46. The number of halogens is 1. The van der Waals surface area contributed by atoms with Crippen LogP contribution in [-0.2, 0) is 0 Å². The summed E-state index contributed by atoms with van der Waals surface area (Å²) in [7, 11) is 2.00. The van der Waals surface area contributed by atoms with Gasteiger partial charge in [0.1, 0.15) is 5.82 Å². The van der Waals surface area contributed by atoms with Gasteiger partial charge in [0.05, 0.1) is 0 Å². The summed E-state index contributed by atoms with van der Waals surface area (Å²) in [6.07, 6.45) is 7.42. The van der Waals surface area contributed by atoms with Gasteiger partial charge in [0.25, 0.3) is 0 Å². The number of nitrogens with two attached hydrogens (primary N) is 1. The van der Waals surface area contributed by atoms with Crippen molar-refractivity contribution in [2.75, 3.05) is 18.5 Å². The SMILES string of the molecule is CCCCCCCC(CN)N(C)c1cccc(F)c1. The van der Waals surface area contributed by atoms with E-state index in [1.165, 1.54) is 38.2 Å². The van der Waals surface area contributed by atoms with Crippen molar-refractivity contribution in [2.45, 2.75) is 51.5 Å². The maximum atomic E-state index is 13.2. The molecule has 3 heteroatoms. The fraction of sp³-hybridized carbons (Fsp3) is 0.625. The second kappa shape index (κ2) is 8.92. The monoisotopic (exact) mass is 266 g/mol. The van der Waals surface area contributed by atoms with E-state index in [0.717, 1.165) is 12.1 Å². The van der Waals surface area contributed by atoms with Gasteiger partial charge in [0.2, 0.25) is 0 Å². The topological polar surface area (TPSA) is 29.3 Å². The van der Waals surface area contributed by atoms with Crippen LogP contribution in [0.5, 0.6) is 0 Å². The van der Waals surface area contributed by atoms with Crippen LogP contribution in [0.1, 0.15) is 45.4 Å². The van der Waals surface area contributed by atoms with E-state index in [0.29, 0.717) is 12.6 Å². The lowest BCUT2D eigenvalue weighted by molar-refractivity contribution is 0.527. The maximum Gasteiger partial charge on any atom is 0.125 e. The Balaban J connectivity index is 2.45. The van der Waals surface area contributed by atoms with Crippen molar-refractivity contribution in [1.29, 1.82) is 0 Å². The number of hydrogen-bond donors (Lipinski definition) is 1. The molecule has 19 heavy (non-hydrogen) atoms. The van der Waals surface area contributed by atoms with Crippen LogP contribution in [0.3, 0.4) is 0 Å². The Morgan fingerprint density at radius 2 is 1.95 bits per heavy atom. The molecule has 1 atom stereocenters. The number of hydrogen-bond acceptors (Lipinski definition) is 2. The lowest BCUT2D eigenvalue weighted by atomic mass is 10.0. The first-order valence-corrected chi connectivity index (χ1v) is 7.37. The molecule has 0 fully saturated rings. The fourth-order valence-electron chi connectivity index (χ4n) is 2.36. The Hall–Kier alpha value is -1.09. The van der Waals surface area contributed by atoms with E-state index in [1.807, 2.05) is 13.1 Å². The van der Waals surface area contributed by atoms with Gasteiger partial charge in [-0.2, -0.15) is 0 Å². The predicted octanol–water partition coefficient (Wildman–Crippen LogP) is 3.95. The summed E-state index contributed by atoms with van der Waals surface area (Å²) in [6.45, 7) is 2.83. The molecular formula is C16H27FN2. The van der Waals surface area contributed by atoms with Crippen LogP contribution in [0.4, 0.5) is 10.1 Å². The van der Waals surface area contributed by atoms with Crippen LogP contribution in [0.2, 0.25) is 0 Å². The molecule has 0 aliphatic heterocycles. The van der Waals surface area contributed by atoms with E-state index in [-0.39, 0.29) is 5.82 Å². The number of anilines is 1. The summed E-state index contributed by atoms with van der Waals surface area (Å²) in [5.74, 6) is -0.192. The molecule has 0 amide bonds. The number of rotatable bonds is 9. The lowest BCUT2D eigenvalue weighted by Crippen LogP contribution is -2.38. The van der Waals surface area contributed by atoms with Crippen LogP contribution in [0.25, 0.3) is 0 Å². The summed E-state index contributed by atoms with van der Waals surface area (Å²) < 4.78 is 13.2. The van der Waals surface area contributed by atoms with Gasteiger partial charge >= 0.3 is 0 Å². The van der Waals surface area contributed by atoms with Gasteiger partial charge in [-0.25, -0.2) is 4.39 Å². The lowest BCUT2D eigenvalue weighted by Gasteiger charge is -2.29. The molecule has 0 heterocycles. The largest absolute Gasteiger partial charge is 0.370 e. The molecule has 0 saturated carbocycles. The fourth-order valence-corrected chi connectivity index (χ4v) is 2.36. The highest BCUT2D eigenvalue weighted by Gasteiger charge is 2.13. The minimum absolute atomic E-state index is 0.192. The summed E-state index contributed by atoms with van der Waals surface area (Å²) in [5, 5.41) is 0. The number of unbranched alkanes of at least 4 members (excludes halogenated alkanes) is 4. The zero-order chi connectivity index (χ0) is 14.1. The van der Waals surface area contributed by atoms with Crippen molar-refractivity contribution in [1.82, 2.24) is 0 Å². The van der Waals surface area contributed by atoms with E-state index in [1.54, 1.807) is 12.1 Å². The molecule has 0 saturated heterocycles. The van der Waals surface area contributed by atoms with Gasteiger partial charge in [0.15, 0.2) is 0 Å². The van der Waals surface area contributed by atoms with E-state index >= 15 is 0 Å². The molecule has 0 aliphatic rings. The minimum atomic E-state index is -0.192. The van der Waals surface area contributed by atoms with Gasteiger partial charge in [-0.05, 0) is 24.6 Å². The third kappa shape index (κ3) is 5.60. The third-order valence-corrected chi connectivity index (χ3v) is 3.68. The summed E-state index contributed by atoms with van der Waals surface area (Å²) in [5.41, 5.74) is 6.76. The molecule has 0 spiro atoms. The van der Waals surface area contributed by atoms with Crippen molar-refractivity contribution in [3.05, 3.63) is 30.1 Å². The molecule has 0 bridgehead atoms. The molecule has 1 aromatic carbocycles. The molecule has 0 aliphatic carbocycles. The quantitative estimate of drug-likeness (QED) is 0.686. The number of likely N-dealkylation sites (N-methyl/N-ethyl adjacent to an activating group) is 1. The molecule has 108 valence electrons. The highest BCUT2D eigenvalue weighted by Crippen LogP contribution is 2.19. The second-order valence-corrected chi connectivity index (χ2v) is 5.18. The Bertz CT molecular complexity index is 354. The first-order chi connectivity index (χ1) is 9.19. The molecule has 0 aromatic heterocycles. The van der Waals surface area contributed by atoms with Crippen LogP contribution in [0.15, 0.2) is 24.3 Å². The molecule has 2 nitrogen and oxygen atoms in total. The normalized spacial score (nSPS) is 12.4. The van der Waals surface area contributed by atoms with E-state index < -0.39 is 0 Å². The van der Waals surface area contributed by atoms with Crippen molar-refractivity contribution in [3.8, 4) is 0 Å². The average Bonchev–Trinajstić information content (AvgIpc) is 2.42. The Morgan fingerprint density at radius 1 is 1.21 bits per heavy atom. The van der Waals surface area contributed by atoms with Gasteiger partial charge in [-0.1, -0.05) is 45.1 Å². The van der Waals surface area contributed by atoms with Crippen molar-refractivity contribution >= 4 is 5.69 Å². The van der Waals surface area contributed by atoms with E-state index in [9.17, 15) is 4.39 Å². The van der Waals surface area contributed by atoms with Gasteiger partial charge < -0.3 is 10.6 Å². The second-order valence-electron chi connectivity index (χ2n) is 5.18. The van der Waals surface area contributed by atoms with Crippen LogP contribution in [-0.4, -0.2) is 19.6 Å². The van der Waals surface area contributed by atoms with Crippen LogP contribution >= 0.6 is 0 Å². The van der Waals surface area contributed by atoms with Crippen LogP contribution < -0.4 is 10.6 Å². The Kier molecular flexibility index (Phi) is 7.49. The van der Waals surface area contributed by atoms with E-state index in [2.05, 4.69) is 11.8 Å². The Labute approximate surface area is 116 Å². The Morgan fingerprint density at radius 3 is 2.58 bits per heavy atom. The predicted molar refractivity (Wildman–Crippen MR) is 81.0 cm³/mol. The highest BCUT2D eigenvalue weighted by atomic mass is 19.1. The molecule has 1 unspecified atom stereocenters. The number of benzene rings is 1. The van der Waals surface area contributed by atoms with Crippen molar-refractivity contribution in [3.63, 3.8) is 0 Å². The molecule has 1 rings (SSSR count). The van der Waals surface area contributed by atoms with Crippen molar-refractivity contribution in [2.24, 2.45) is 5.73 Å². The molecule has 2 N–H and O–H groups in total. The first-order valence-electron chi connectivity index (χ1n) is 7.37. The summed E-state index contributed by atoms with van der Waals surface area (Å²) >= 11 is 0. The molecular weight excluding hydrogens is 239 g/mol. The zero-order valence-corrected chi connectivity index (χ0v) is 12.2. The van der Waals surface area contributed by atoms with Gasteiger partial charge in [-0.15, -0.1) is 0 Å².